The molecule has 1 heterocycles. The molecule has 0 radical (unpaired) electrons. The zero-order valence-corrected chi connectivity index (χ0v) is 28.6. The van der Waals surface area contributed by atoms with Crippen molar-refractivity contribution in [2.75, 3.05) is 27.1 Å². The summed E-state index contributed by atoms with van der Waals surface area (Å²) in [5.41, 5.74) is 5.35. The van der Waals surface area contributed by atoms with Crippen LogP contribution in [0.4, 0.5) is 0 Å². The third-order valence-electron chi connectivity index (χ3n) is 8.05. The van der Waals surface area contributed by atoms with E-state index in [0.29, 0.717) is 24.5 Å². The summed E-state index contributed by atoms with van der Waals surface area (Å²) in [6.45, 7) is 13.6. The van der Waals surface area contributed by atoms with Crippen molar-refractivity contribution in [2.24, 2.45) is 0 Å². The molecule has 44 heavy (non-hydrogen) atoms. The maximum atomic E-state index is 13.8. The highest BCUT2D eigenvalue weighted by Gasteiger charge is 2.31. The molecule has 0 saturated carbocycles. The fraction of sp³-hybridized carbons (Fsp3) is 0.514. The van der Waals surface area contributed by atoms with Crippen LogP contribution in [0.25, 0.3) is 0 Å². The molecule has 0 spiro atoms. The summed E-state index contributed by atoms with van der Waals surface area (Å²) in [5, 5.41) is -0.608. The molecule has 1 aliphatic rings. The lowest BCUT2D eigenvalue weighted by Gasteiger charge is -2.36. The van der Waals surface area contributed by atoms with Gasteiger partial charge in [-0.25, -0.2) is 8.42 Å². The predicted molar refractivity (Wildman–Crippen MR) is 179 cm³/mol. The van der Waals surface area contributed by atoms with Crippen LogP contribution in [0.15, 0.2) is 82.3 Å². The SMILES string of the molecule is COCCOCOc1ccc2c(c1)CCC(C)(CC/C=C(\C)CC(/C=C(\C)CCC=C(C)C)S(=O)(=O)c1ccc(C)cc1)O2. The predicted octanol–water partition coefficient (Wildman–Crippen LogP) is 8.73. The Morgan fingerprint density at radius 3 is 2.45 bits per heavy atom. The molecule has 0 saturated heterocycles. The van der Waals surface area contributed by atoms with E-state index < -0.39 is 15.1 Å². The first kappa shape index (κ1) is 35.6. The van der Waals surface area contributed by atoms with Crippen LogP contribution in [0.1, 0.15) is 84.3 Å². The van der Waals surface area contributed by atoms with E-state index in [1.165, 1.54) is 5.57 Å². The molecule has 2 unspecified atom stereocenters. The standard InChI is InChI=1S/C37H52O6S/c1-28(2)10-8-11-30(4)24-35(44(38,39)34-16-13-29(3)14-17-34)25-31(5)12-9-20-37(6)21-19-32-26-33(15-18-36(32)43-37)42-27-41-23-22-40-7/h10,12-18,24,26,35H,8-9,11,19-23,25,27H2,1-7H3/b30-24+,31-12+. The van der Waals surface area contributed by atoms with E-state index >= 15 is 0 Å². The molecular weight excluding hydrogens is 572 g/mol. The Balaban J connectivity index is 1.64. The zero-order chi connectivity index (χ0) is 32.2. The van der Waals surface area contributed by atoms with Gasteiger partial charge in [-0.15, -0.1) is 0 Å². The Bertz CT molecular complexity index is 1400. The number of hydrogen-bond donors (Lipinski definition) is 0. The molecule has 1 aliphatic heterocycles. The van der Waals surface area contributed by atoms with Crippen molar-refractivity contribution < 1.29 is 27.4 Å². The molecule has 0 N–H and O–H groups in total. The van der Waals surface area contributed by atoms with Crippen LogP contribution < -0.4 is 9.47 Å². The third-order valence-corrected chi connectivity index (χ3v) is 10.1. The Kier molecular flexibility index (Phi) is 13.8. The van der Waals surface area contributed by atoms with Crippen LogP contribution in [0, 0.1) is 6.92 Å². The number of hydrogen-bond acceptors (Lipinski definition) is 6. The van der Waals surface area contributed by atoms with Crippen molar-refractivity contribution in [1.29, 1.82) is 0 Å². The van der Waals surface area contributed by atoms with Gasteiger partial charge in [0.2, 0.25) is 0 Å². The molecule has 2 aromatic rings. The minimum atomic E-state index is -3.54. The molecule has 2 aromatic carbocycles. The van der Waals surface area contributed by atoms with Gasteiger partial charge in [-0.2, -0.15) is 0 Å². The summed E-state index contributed by atoms with van der Waals surface area (Å²) >= 11 is 0. The van der Waals surface area contributed by atoms with Crippen LogP contribution in [-0.2, 0) is 25.7 Å². The van der Waals surface area contributed by atoms with Crippen molar-refractivity contribution in [3.8, 4) is 11.5 Å². The first-order valence-electron chi connectivity index (χ1n) is 15.7. The van der Waals surface area contributed by atoms with E-state index in [9.17, 15) is 8.42 Å². The highest BCUT2D eigenvalue weighted by Crippen LogP contribution is 2.38. The van der Waals surface area contributed by atoms with Gasteiger partial charge in [0.05, 0.1) is 23.4 Å². The summed E-state index contributed by atoms with van der Waals surface area (Å²) in [6, 6.07) is 13.1. The minimum absolute atomic E-state index is 0.185. The Hall–Kier alpha value is -2.87. The van der Waals surface area contributed by atoms with Gasteiger partial charge in [0.25, 0.3) is 0 Å². The smallest absolute Gasteiger partial charge is 0.189 e. The van der Waals surface area contributed by atoms with E-state index in [4.69, 9.17) is 18.9 Å². The number of ether oxygens (including phenoxy) is 4. The molecule has 0 aliphatic carbocycles. The van der Waals surface area contributed by atoms with E-state index in [1.807, 2.05) is 57.2 Å². The van der Waals surface area contributed by atoms with Gasteiger partial charge in [0.1, 0.15) is 17.1 Å². The molecule has 0 aromatic heterocycles. The molecule has 242 valence electrons. The maximum Gasteiger partial charge on any atom is 0.189 e. The second-order valence-electron chi connectivity index (χ2n) is 12.5. The quantitative estimate of drug-likeness (QED) is 0.0996. The van der Waals surface area contributed by atoms with E-state index in [1.54, 1.807) is 19.2 Å². The van der Waals surface area contributed by atoms with E-state index in [2.05, 4.69) is 32.9 Å². The van der Waals surface area contributed by atoms with Crippen LogP contribution in [0.2, 0.25) is 0 Å². The van der Waals surface area contributed by atoms with Crippen molar-refractivity contribution in [2.45, 2.75) is 102 Å². The zero-order valence-electron chi connectivity index (χ0n) is 27.8. The van der Waals surface area contributed by atoms with E-state index in [0.717, 1.165) is 72.3 Å². The van der Waals surface area contributed by atoms with Crippen molar-refractivity contribution in [3.05, 3.63) is 88.5 Å². The minimum Gasteiger partial charge on any atom is -0.487 e. The van der Waals surface area contributed by atoms with Gasteiger partial charge in [0.15, 0.2) is 16.6 Å². The van der Waals surface area contributed by atoms with Gasteiger partial charge >= 0.3 is 0 Å². The lowest BCUT2D eigenvalue weighted by atomic mass is 9.88. The van der Waals surface area contributed by atoms with Gasteiger partial charge in [-0.3, -0.25) is 0 Å². The lowest BCUT2D eigenvalue weighted by molar-refractivity contribution is -0.00870. The topological polar surface area (TPSA) is 71.1 Å². The number of rotatable bonds is 17. The van der Waals surface area contributed by atoms with Gasteiger partial charge in [-0.05, 0) is 122 Å². The maximum absolute atomic E-state index is 13.8. The second-order valence-corrected chi connectivity index (χ2v) is 14.7. The number of aryl methyl sites for hydroxylation is 2. The van der Waals surface area contributed by atoms with Crippen LogP contribution in [0.3, 0.4) is 0 Å². The average Bonchev–Trinajstić information content (AvgIpc) is 2.96. The largest absolute Gasteiger partial charge is 0.487 e. The summed E-state index contributed by atoms with van der Waals surface area (Å²) in [7, 11) is -1.89. The Morgan fingerprint density at radius 2 is 1.75 bits per heavy atom. The summed E-state index contributed by atoms with van der Waals surface area (Å²) in [6.07, 6.45) is 12.1. The lowest BCUT2D eigenvalue weighted by Crippen LogP contribution is -2.36. The molecule has 2 atom stereocenters. The molecule has 0 bridgehead atoms. The Morgan fingerprint density at radius 1 is 1.00 bits per heavy atom. The number of allylic oxidation sites excluding steroid dienone is 5. The summed E-state index contributed by atoms with van der Waals surface area (Å²) in [5.74, 6) is 1.66. The van der Waals surface area contributed by atoms with Gasteiger partial charge < -0.3 is 18.9 Å². The normalized spacial score (nSPS) is 17.9. The van der Waals surface area contributed by atoms with Gasteiger partial charge in [0, 0.05) is 7.11 Å². The molecule has 7 heteroatoms. The third kappa shape index (κ3) is 11.2. The van der Waals surface area contributed by atoms with Crippen LogP contribution >= 0.6 is 0 Å². The highest BCUT2D eigenvalue weighted by molar-refractivity contribution is 7.92. The van der Waals surface area contributed by atoms with Crippen molar-refractivity contribution in [3.63, 3.8) is 0 Å². The fourth-order valence-electron chi connectivity index (χ4n) is 5.32. The van der Waals surface area contributed by atoms with Crippen LogP contribution in [0.5, 0.6) is 11.5 Å². The molecule has 0 amide bonds. The van der Waals surface area contributed by atoms with Gasteiger partial charge in [-0.1, -0.05) is 52.6 Å². The molecular formula is C37H52O6S. The molecule has 3 rings (SSSR count). The summed E-state index contributed by atoms with van der Waals surface area (Å²) in [4.78, 5) is 0.378. The van der Waals surface area contributed by atoms with Crippen molar-refractivity contribution in [1.82, 2.24) is 0 Å². The fourth-order valence-corrected chi connectivity index (χ4v) is 7.08. The first-order valence-corrected chi connectivity index (χ1v) is 17.2. The first-order chi connectivity index (χ1) is 20.9. The average molecular weight is 625 g/mol. The van der Waals surface area contributed by atoms with Crippen molar-refractivity contribution >= 4 is 9.84 Å². The molecule has 0 fully saturated rings. The second kappa shape index (κ2) is 17.0. The highest BCUT2D eigenvalue weighted by atomic mass is 32.2. The number of benzene rings is 2. The number of fused-ring (bicyclic) bond motifs is 1. The molecule has 6 nitrogen and oxygen atoms in total. The number of sulfone groups is 1. The number of methoxy groups -OCH3 is 1. The van der Waals surface area contributed by atoms with E-state index in [-0.39, 0.29) is 12.4 Å². The Labute approximate surface area is 266 Å². The summed E-state index contributed by atoms with van der Waals surface area (Å²) < 4.78 is 50.2. The monoisotopic (exact) mass is 624 g/mol. The van der Waals surface area contributed by atoms with Crippen LogP contribution in [-0.4, -0.2) is 46.4 Å².